The summed E-state index contributed by atoms with van der Waals surface area (Å²) in [5.41, 5.74) is 3.45. The molecule has 1 aromatic carbocycles. The number of nitrogens with zero attached hydrogens (tertiary/aromatic N) is 4. The Morgan fingerprint density at radius 3 is 2.25 bits per heavy atom. The fraction of sp³-hybridized carbons (Fsp3) is 0.474. The zero-order valence-electron chi connectivity index (χ0n) is 15.0. The lowest BCUT2D eigenvalue weighted by atomic mass is 10.1. The summed E-state index contributed by atoms with van der Waals surface area (Å²) in [5, 5.41) is 4.60. The van der Waals surface area contributed by atoms with E-state index >= 15 is 0 Å². The van der Waals surface area contributed by atoms with Gasteiger partial charge in [0, 0.05) is 32.2 Å². The average molecular weight is 326 g/mol. The number of benzene rings is 1. The van der Waals surface area contributed by atoms with Gasteiger partial charge in [0.05, 0.1) is 22.6 Å². The van der Waals surface area contributed by atoms with Crippen LogP contribution < -0.4 is 0 Å². The van der Waals surface area contributed by atoms with Crippen LogP contribution in [0.2, 0.25) is 0 Å². The second-order valence-electron chi connectivity index (χ2n) is 6.72. The van der Waals surface area contributed by atoms with Crippen molar-refractivity contribution in [2.24, 2.45) is 0 Å². The van der Waals surface area contributed by atoms with Crippen LogP contribution in [0, 0.1) is 13.8 Å². The number of carbonyl (C=O) groups excluding carboxylic acids is 1. The number of carbonyl (C=O) groups is 1. The lowest BCUT2D eigenvalue weighted by molar-refractivity contribution is 0.0594. The van der Waals surface area contributed by atoms with Crippen molar-refractivity contribution in [3.63, 3.8) is 0 Å². The van der Waals surface area contributed by atoms with Crippen LogP contribution in [0.3, 0.4) is 0 Å². The number of para-hydroxylation sites is 1. The highest BCUT2D eigenvalue weighted by Gasteiger charge is 2.27. The fourth-order valence-corrected chi connectivity index (χ4v) is 3.37. The van der Waals surface area contributed by atoms with Gasteiger partial charge in [-0.1, -0.05) is 18.2 Å². The minimum Gasteiger partial charge on any atom is -0.336 e. The maximum atomic E-state index is 13.0. The van der Waals surface area contributed by atoms with Gasteiger partial charge in [-0.3, -0.25) is 9.69 Å². The predicted molar refractivity (Wildman–Crippen MR) is 95.7 cm³/mol. The molecule has 1 aliphatic rings. The maximum Gasteiger partial charge on any atom is 0.257 e. The first-order valence-corrected chi connectivity index (χ1v) is 8.64. The highest BCUT2D eigenvalue weighted by atomic mass is 16.2. The van der Waals surface area contributed by atoms with Crippen molar-refractivity contribution >= 4 is 5.91 Å². The van der Waals surface area contributed by atoms with Gasteiger partial charge in [0.15, 0.2) is 0 Å². The molecule has 0 saturated carbocycles. The summed E-state index contributed by atoms with van der Waals surface area (Å²) in [6.45, 7) is 11.8. The highest BCUT2D eigenvalue weighted by Crippen LogP contribution is 2.20. The van der Waals surface area contributed by atoms with E-state index in [-0.39, 0.29) is 5.91 Å². The van der Waals surface area contributed by atoms with Gasteiger partial charge >= 0.3 is 0 Å². The molecule has 1 fully saturated rings. The van der Waals surface area contributed by atoms with E-state index in [0.29, 0.717) is 6.04 Å². The van der Waals surface area contributed by atoms with Crippen molar-refractivity contribution in [3.8, 4) is 5.69 Å². The van der Waals surface area contributed by atoms with Gasteiger partial charge in [-0.25, -0.2) is 4.68 Å². The number of amides is 1. The number of hydrogen-bond acceptors (Lipinski definition) is 3. The Kier molecular flexibility index (Phi) is 4.71. The smallest absolute Gasteiger partial charge is 0.257 e. The molecule has 128 valence electrons. The summed E-state index contributed by atoms with van der Waals surface area (Å²) < 4.78 is 1.87. The van der Waals surface area contributed by atoms with E-state index in [9.17, 15) is 4.79 Å². The fourth-order valence-electron chi connectivity index (χ4n) is 3.37. The van der Waals surface area contributed by atoms with Crippen molar-refractivity contribution in [1.82, 2.24) is 19.6 Å². The number of aromatic nitrogens is 2. The molecular weight excluding hydrogens is 300 g/mol. The topological polar surface area (TPSA) is 41.4 Å². The Morgan fingerprint density at radius 1 is 1.04 bits per heavy atom. The third kappa shape index (κ3) is 3.08. The SMILES string of the molecule is Cc1nn(-c2ccccc2)c(C)c1C(=O)N1CCN(C(C)C)CC1. The van der Waals surface area contributed by atoms with Crippen LogP contribution in [-0.2, 0) is 0 Å². The maximum absolute atomic E-state index is 13.0. The van der Waals surface area contributed by atoms with Gasteiger partial charge < -0.3 is 4.90 Å². The molecule has 24 heavy (non-hydrogen) atoms. The van der Waals surface area contributed by atoms with Gasteiger partial charge in [0.1, 0.15) is 0 Å². The standard InChI is InChI=1S/C19H26N4O/c1-14(2)21-10-12-22(13-11-21)19(24)18-15(3)20-23(16(18)4)17-8-6-5-7-9-17/h5-9,14H,10-13H2,1-4H3. The van der Waals surface area contributed by atoms with Gasteiger partial charge in [0.25, 0.3) is 5.91 Å². The van der Waals surface area contributed by atoms with E-state index in [1.165, 1.54) is 0 Å². The van der Waals surface area contributed by atoms with Gasteiger partial charge in [-0.15, -0.1) is 0 Å². The number of aryl methyl sites for hydroxylation is 1. The monoisotopic (exact) mass is 326 g/mol. The molecule has 0 spiro atoms. The van der Waals surface area contributed by atoms with Crippen LogP contribution in [0.1, 0.15) is 35.6 Å². The summed E-state index contributed by atoms with van der Waals surface area (Å²) in [6, 6.07) is 10.5. The van der Waals surface area contributed by atoms with E-state index in [0.717, 1.165) is 48.8 Å². The normalized spacial score (nSPS) is 16.0. The first kappa shape index (κ1) is 16.7. The number of hydrogen-bond donors (Lipinski definition) is 0. The Labute approximate surface area is 143 Å². The first-order chi connectivity index (χ1) is 11.5. The van der Waals surface area contributed by atoms with Crippen molar-refractivity contribution < 1.29 is 4.79 Å². The molecule has 0 radical (unpaired) electrons. The van der Waals surface area contributed by atoms with Crippen molar-refractivity contribution in [2.45, 2.75) is 33.7 Å². The van der Waals surface area contributed by atoms with E-state index < -0.39 is 0 Å². The average Bonchev–Trinajstić information content (AvgIpc) is 2.89. The van der Waals surface area contributed by atoms with Crippen LogP contribution in [-0.4, -0.2) is 57.7 Å². The largest absolute Gasteiger partial charge is 0.336 e. The minimum absolute atomic E-state index is 0.107. The highest BCUT2D eigenvalue weighted by molar-refractivity contribution is 5.96. The summed E-state index contributed by atoms with van der Waals surface area (Å²) in [4.78, 5) is 17.4. The third-order valence-corrected chi connectivity index (χ3v) is 4.84. The lowest BCUT2D eigenvalue weighted by Crippen LogP contribution is -2.50. The molecular formula is C19H26N4O. The molecule has 0 aliphatic carbocycles. The molecule has 3 rings (SSSR count). The zero-order chi connectivity index (χ0) is 17.3. The minimum atomic E-state index is 0.107. The second-order valence-corrected chi connectivity index (χ2v) is 6.72. The molecule has 2 aromatic rings. The van der Waals surface area contributed by atoms with Crippen LogP contribution >= 0.6 is 0 Å². The number of rotatable bonds is 3. The van der Waals surface area contributed by atoms with E-state index in [2.05, 4.69) is 23.8 Å². The molecule has 2 heterocycles. The Balaban J connectivity index is 1.83. The quantitative estimate of drug-likeness (QED) is 0.871. The predicted octanol–water partition coefficient (Wildman–Crippen LogP) is 2.66. The summed E-state index contributed by atoms with van der Waals surface area (Å²) >= 11 is 0. The van der Waals surface area contributed by atoms with Gasteiger partial charge in [0.2, 0.25) is 0 Å². The molecule has 0 N–H and O–H groups in total. The third-order valence-electron chi connectivity index (χ3n) is 4.84. The van der Waals surface area contributed by atoms with E-state index in [1.54, 1.807) is 0 Å². The van der Waals surface area contributed by atoms with E-state index in [1.807, 2.05) is 53.8 Å². The molecule has 1 aromatic heterocycles. The molecule has 1 amide bonds. The molecule has 0 bridgehead atoms. The van der Waals surface area contributed by atoms with Crippen molar-refractivity contribution in [3.05, 3.63) is 47.3 Å². The summed E-state index contributed by atoms with van der Waals surface area (Å²) in [6.07, 6.45) is 0. The van der Waals surface area contributed by atoms with Crippen molar-refractivity contribution in [2.75, 3.05) is 26.2 Å². The first-order valence-electron chi connectivity index (χ1n) is 8.64. The lowest BCUT2D eigenvalue weighted by Gasteiger charge is -2.37. The van der Waals surface area contributed by atoms with Gasteiger partial charge in [-0.2, -0.15) is 5.10 Å². The Hall–Kier alpha value is -2.14. The van der Waals surface area contributed by atoms with Gasteiger partial charge in [-0.05, 0) is 39.8 Å². The zero-order valence-corrected chi connectivity index (χ0v) is 15.0. The second kappa shape index (κ2) is 6.77. The van der Waals surface area contributed by atoms with Crippen LogP contribution in [0.25, 0.3) is 5.69 Å². The molecule has 0 atom stereocenters. The van der Waals surface area contributed by atoms with E-state index in [4.69, 9.17) is 0 Å². The van der Waals surface area contributed by atoms with Crippen LogP contribution in [0.15, 0.2) is 30.3 Å². The molecule has 0 unspecified atom stereocenters. The summed E-state index contributed by atoms with van der Waals surface area (Å²) in [7, 11) is 0. The Bertz CT molecular complexity index is 712. The molecule has 1 aliphatic heterocycles. The van der Waals surface area contributed by atoms with Crippen molar-refractivity contribution in [1.29, 1.82) is 0 Å². The van der Waals surface area contributed by atoms with Crippen LogP contribution in [0.4, 0.5) is 0 Å². The summed E-state index contributed by atoms with van der Waals surface area (Å²) in [5.74, 6) is 0.107. The molecule has 5 nitrogen and oxygen atoms in total. The van der Waals surface area contributed by atoms with Crippen LogP contribution in [0.5, 0.6) is 0 Å². The number of piperazine rings is 1. The molecule has 5 heteroatoms. The Morgan fingerprint density at radius 2 is 1.67 bits per heavy atom. The molecule has 1 saturated heterocycles.